The van der Waals surface area contributed by atoms with E-state index in [4.69, 9.17) is 9.47 Å². The van der Waals surface area contributed by atoms with E-state index in [0.717, 1.165) is 5.56 Å². The Balaban J connectivity index is 1.43. The average molecular weight is 396 g/mol. The van der Waals surface area contributed by atoms with Gasteiger partial charge in [-0.25, -0.2) is 5.43 Å². The van der Waals surface area contributed by atoms with Crippen LogP contribution < -0.4 is 25.5 Å². The van der Waals surface area contributed by atoms with E-state index >= 15 is 0 Å². The molecule has 0 radical (unpaired) electrons. The average Bonchev–Trinajstić information content (AvgIpc) is 3.18. The van der Waals surface area contributed by atoms with Crippen molar-refractivity contribution in [2.45, 2.75) is 19.9 Å². The van der Waals surface area contributed by atoms with Crippen molar-refractivity contribution in [3.05, 3.63) is 54.1 Å². The summed E-state index contributed by atoms with van der Waals surface area (Å²) in [4.78, 5) is 35.7. The lowest BCUT2D eigenvalue weighted by Crippen LogP contribution is -2.37. The number of hydrogen-bond donors (Lipinski definition) is 3. The number of ether oxygens (including phenoxy) is 2. The van der Waals surface area contributed by atoms with Crippen LogP contribution in [0.2, 0.25) is 0 Å². The zero-order chi connectivity index (χ0) is 20.6. The van der Waals surface area contributed by atoms with E-state index in [-0.39, 0.29) is 25.7 Å². The second kappa shape index (κ2) is 9.36. The van der Waals surface area contributed by atoms with Crippen molar-refractivity contribution in [2.24, 2.45) is 5.10 Å². The Hall–Kier alpha value is -3.88. The Morgan fingerprint density at radius 3 is 2.55 bits per heavy atom. The second-order valence-electron chi connectivity index (χ2n) is 6.25. The minimum atomic E-state index is -0.906. The molecule has 0 spiro atoms. The summed E-state index contributed by atoms with van der Waals surface area (Å²) in [5, 5.41) is 8.99. The lowest BCUT2D eigenvalue weighted by Gasteiger charge is -2.07. The van der Waals surface area contributed by atoms with Crippen LogP contribution in [0.4, 0.5) is 5.69 Å². The first-order valence-corrected chi connectivity index (χ1v) is 8.86. The summed E-state index contributed by atoms with van der Waals surface area (Å²) >= 11 is 0. The highest BCUT2D eigenvalue weighted by atomic mass is 16.7. The Morgan fingerprint density at radius 2 is 1.76 bits per heavy atom. The van der Waals surface area contributed by atoms with Gasteiger partial charge in [0.2, 0.25) is 12.7 Å². The van der Waals surface area contributed by atoms with Crippen LogP contribution in [0.15, 0.2) is 53.6 Å². The summed E-state index contributed by atoms with van der Waals surface area (Å²) in [5.74, 6) is -0.865. The molecule has 3 amide bonds. The Morgan fingerprint density at radius 1 is 1.00 bits per heavy atom. The van der Waals surface area contributed by atoms with Crippen LogP contribution in [0.3, 0.4) is 0 Å². The smallest absolute Gasteiger partial charge is 0.329 e. The minimum absolute atomic E-state index is 0.0552. The van der Waals surface area contributed by atoms with Crippen LogP contribution in [-0.2, 0) is 20.9 Å². The van der Waals surface area contributed by atoms with Gasteiger partial charge in [-0.3, -0.25) is 14.4 Å². The van der Waals surface area contributed by atoms with Crippen LogP contribution >= 0.6 is 0 Å². The molecule has 2 aromatic rings. The van der Waals surface area contributed by atoms with Gasteiger partial charge in [-0.05, 0) is 24.6 Å². The van der Waals surface area contributed by atoms with Gasteiger partial charge in [0.05, 0.1) is 6.42 Å². The molecule has 0 saturated carbocycles. The number of fused-ring (bicyclic) bond motifs is 1. The quantitative estimate of drug-likeness (QED) is 0.389. The minimum Gasteiger partial charge on any atom is -0.454 e. The number of nitrogens with one attached hydrogen (secondary N) is 3. The molecule has 29 heavy (non-hydrogen) atoms. The van der Waals surface area contributed by atoms with E-state index in [1.807, 2.05) is 30.3 Å². The summed E-state index contributed by atoms with van der Waals surface area (Å²) < 4.78 is 10.5. The molecule has 3 rings (SSSR count). The van der Waals surface area contributed by atoms with Gasteiger partial charge in [-0.1, -0.05) is 30.3 Å². The van der Waals surface area contributed by atoms with Gasteiger partial charge < -0.3 is 20.1 Å². The van der Waals surface area contributed by atoms with Crippen LogP contribution in [0.5, 0.6) is 11.5 Å². The lowest BCUT2D eigenvalue weighted by atomic mass is 10.2. The fraction of sp³-hybridized carbons (Fsp3) is 0.200. The first-order valence-electron chi connectivity index (χ1n) is 8.86. The Bertz CT molecular complexity index is 943. The molecule has 1 heterocycles. The number of anilines is 1. The Kier molecular flexibility index (Phi) is 6.41. The SMILES string of the molecule is C/C(CC(=O)Nc1ccc2c(c1)OCO2)=N/NC(=O)C(=O)NCc1ccccc1. The highest BCUT2D eigenvalue weighted by Crippen LogP contribution is 2.34. The maximum Gasteiger partial charge on any atom is 0.329 e. The number of carbonyl (C=O) groups is 3. The molecule has 0 unspecified atom stereocenters. The van der Waals surface area contributed by atoms with Crippen molar-refractivity contribution >= 4 is 29.1 Å². The molecule has 2 aromatic carbocycles. The molecule has 3 N–H and O–H groups in total. The van der Waals surface area contributed by atoms with Gasteiger partial charge in [-0.15, -0.1) is 0 Å². The van der Waals surface area contributed by atoms with Crippen LogP contribution in [0, 0.1) is 0 Å². The third kappa shape index (κ3) is 5.80. The van der Waals surface area contributed by atoms with Crippen molar-refractivity contribution in [3.8, 4) is 11.5 Å². The largest absolute Gasteiger partial charge is 0.454 e. The molecule has 1 aliphatic rings. The highest BCUT2D eigenvalue weighted by Gasteiger charge is 2.15. The van der Waals surface area contributed by atoms with E-state index in [1.54, 1.807) is 25.1 Å². The maximum absolute atomic E-state index is 12.1. The second-order valence-corrected chi connectivity index (χ2v) is 6.25. The predicted octanol–water partition coefficient (Wildman–Crippen LogP) is 1.55. The van der Waals surface area contributed by atoms with Crippen molar-refractivity contribution in [3.63, 3.8) is 0 Å². The first-order chi connectivity index (χ1) is 14.0. The summed E-state index contributed by atoms with van der Waals surface area (Å²) in [6, 6.07) is 14.2. The van der Waals surface area contributed by atoms with Crippen LogP contribution in [-0.4, -0.2) is 30.2 Å². The number of benzene rings is 2. The number of carbonyl (C=O) groups excluding carboxylic acids is 3. The van der Waals surface area contributed by atoms with Crippen LogP contribution in [0.25, 0.3) is 0 Å². The molecule has 1 aliphatic heterocycles. The van der Waals surface area contributed by atoms with Crippen molar-refractivity contribution < 1.29 is 23.9 Å². The Labute approximate surface area is 167 Å². The monoisotopic (exact) mass is 396 g/mol. The number of nitrogens with zero attached hydrogens (tertiary/aromatic N) is 1. The molecular weight excluding hydrogens is 376 g/mol. The summed E-state index contributed by atoms with van der Waals surface area (Å²) in [6.07, 6.45) is -0.0552. The van der Waals surface area contributed by atoms with Gasteiger partial charge in [0.1, 0.15) is 0 Å². The van der Waals surface area contributed by atoms with Crippen molar-refractivity contribution in [1.82, 2.24) is 10.7 Å². The van der Waals surface area contributed by atoms with Gasteiger partial charge in [0, 0.05) is 24.0 Å². The normalized spacial score (nSPS) is 12.2. The third-order valence-electron chi connectivity index (χ3n) is 3.92. The van der Waals surface area contributed by atoms with Crippen molar-refractivity contribution in [1.29, 1.82) is 0 Å². The molecule has 150 valence electrons. The number of hydrogen-bond acceptors (Lipinski definition) is 6. The van der Waals surface area contributed by atoms with E-state index in [0.29, 0.717) is 22.9 Å². The van der Waals surface area contributed by atoms with Gasteiger partial charge >= 0.3 is 11.8 Å². The van der Waals surface area contributed by atoms with E-state index in [2.05, 4.69) is 21.2 Å². The zero-order valence-electron chi connectivity index (χ0n) is 15.7. The molecule has 0 fully saturated rings. The third-order valence-corrected chi connectivity index (χ3v) is 3.92. The van der Waals surface area contributed by atoms with Gasteiger partial charge in [-0.2, -0.15) is 5.10 Å². The first kappa shape index (κ1) is 19.9. The molecule has 0 aliphatic carbocycles. The molecule has 0 bridgehead atoms. The number of hydrazone groups is 1. The topological polar surface area (TPSA) is 118 Å². The lowest BCUT2D eigenvalue weighted by molar-refractivity contribution is -0.139. The summed E-state index contributed by atoms with van der Waals surface area (Å²) in [5.41, 5.74) is 3.90. The van der Waals surface area contributed by atoms with E-state index < -0.39 is 11.8 Å². The zero-order valence-corrected chi connectivity index (χ0v) is 15.7. The molecule has 0 saturated heterocycles. The summed E-state index contributed by atoms with van der Waals surface area (Å²) in [7, 11) is 0. The fourth-order valence-corrected chi connectivity index (χ4v) is 2.51. The van der Waals surface area contributed by atoms with Crippen molar-refractivity contribution in [2.75, 3.05) is 12.1 Å². The molecule has 0 aromatic heterocycles. The number of rotatable bonds is 6. The maximum atomic E-state index is 12.1. The molecule has 9 nitrogen and oxygen atoms in total. The fourth-order valence-electron chi connectivity index (χ4n) is 2.51. The molecular formula is C20H20N4O5. The van der Waals surface area contributed by atoms with E-state index in [1.165, 1.54) is 0 Å². The predicted molar refractivity (Wildman–Crippen MR) is 105 cm³/mol. The molecule has 0 atom stereocenters. The van der Waals surface area contributed by atoms with Gasteiger partial charge in [0.25, 0.3) is 0 Å². The standard InChI is InChI=1S/C20H20N4O5/c1-13(9-18(25)22-15-7-8-16-17(10-15)29-12-28-16)23-24-20(27)19(26)21-11-14-5-3-2-4-6-14/h2-8,10H,9,11-12H2,1H3,(H,21,26)(H,22,25)(H,24,27)/b23-13-. The van der Waals surface area contributed by atoms with Crippen LogP contribution in [0.1, 0.15) is 18.9 Å². The summed E-state index contributed by atoms with van der Waals surface area (Å²) in [6.45, 7) is 1.95. The van der Waals surface area contributed by atoms with E-state index in [9.17, 15) is 14.4 Å². The molecule has 9 heteroatoms. The van der Waals surface area contributed by atoms with Gasteiger partial charge in [0.15, 0.2) is 11.5 Å². The number of amides is 3. The highest BCUT2D eigenvalue weighted by molar-refractivity contribution is 6.35.